The van der Waals surface area contributed by atoms with Crippen LogP contribution in [0.2, 0.25) is 0 Å². The van der Waals surface area contributed by atoms with Crippen molar-refractivity contribution >= 4 is 0 Å². The van der Waals surface area contributed by atoms with Gasteiger partial charge in [-0.3, -0.25) is 0 Å². The molecule has 1 unspecified atom stereocenters. The first-order valence-corrected chi connectivity index (χ1v) is 15.3. The van der Waals surface area contributed by atoms with Crippen molar-refractivity contribution in [2.75, 3.05) is 26.2 Å². The van der Waals surface area contributed by atoms with E-state index in [0.717, 1.165) is 61.1 Å². The average molecular weight is 475 g/mol. The highest BCUT2D eigenvalue weighted by molar-refractivity contribution is 5.09. The summed E-state index contributed by atoms with van der Waals surface area (Å²) in [5.74, 6) is 6.64. The fourth-order valence-corrected chi connectivity index (χ4v) is 9.92. The van der Waals surface area contributed by atoms with Gasteiger partial charge in [0.25, 0.3) is 0 Å². The number of hydrogen-bond donors (Lipinski definition) is 2. The maximum atomic E-state index is 6.33. The number of nitrogens with one attached hydrogen (secondary N) is 1. The molecule has 4 aliphatic carbocycles. The highest BCUT2D eigenvalue weighted by atomic mass is 16.5. The van der Waals surface area contributed by atoms with Crippen molar-refractivity contribution in [1.82, 2.24) is 5.32 Å². The standard InChI is InChI=1S/C31H58N2O/c1-22(2)7-6-8-23(3)27-11-12-28-26-10-9-24-21-25(34-20-19-33-18-17-32)13-15-30(24,4)29(26)14-16-31(27,28)5/h22-29,33H,6-21,32H2,1-5H3/t23-,24+,25+,26+,27?,28+,29+,30+,31-/m1/s1. The molecule has 9 atom stereocenters. The number of hydrogen-bond acceptors (Lipinski definition) is 3. The van der Waals surface area contributed by atoms with Crippen molar-refractivity contribution < 1.29 is 4.74 Å². The third kappa shape index (κ3) is 5.42. The molecule has 0 heterocycles. The van der Waals surface area contributed by atoms with E-state index in [-0.39, 0.29) is 0 Å². The lowest BCUT2D eigenvalue weighted by atomic mass is 9.44. The molecule has 0 bridgehead atoms. The third-order valence-electron chi connectivity index (χ3n) is 11.8. The number of nitrogens with two attached hydrogens (primary N) is 1. The van der Waals surface area contributed by atoms with E-state index in [2.05, 4.69) is 39.9 Å². The quantitative estimate of drug-likeness (QED) is 0.316. The van der Waals surface area contributed by atoms with Crippen molar-refractivity contribution in [3.05, 3.63) is 0 Å². The van der Waals surface area contributed by atoms with Gasteiger partial charge in [0.1, 0.15) is 0 Å². The zero-order valence-electron chi connectivity index (χ0n) is 23.4. The molecule has 0 amide bonds. The van der Waals surface area contributed by atoms with E-state index in [9.17, 15) is 0 Å². The topological polar surface area (TPSA) is 47.3 Å². The number of rotatable bonds is 11. The van der Waals surface area contributed by atoms with Gasteiger partial charge in [0, 0.05) is 19.6 Å². The molecule has 0 spiro atoms. The van der Waals surface area contributed by atoms with Gasteiger partial charge in [-0.1, -0.05) is 53.9 Å². The Morgan fingerprint density at radius 3 is 2.41 bits per heavy atom. The molecule has 4 aliphatic rings. The molecular weight excluding hydrogens is 416 g/mol. The van der Waals surface area contributed by atoms with Crippen LogP contribution in [0.15, 0.2) is 0 Å². The summed E-state index contributed by atoms with van der Waals surface area (Å²) in [6.45, 7) is 16.2. The average Bonchev–Trinajstić information content (AvgIpc) is 3.16. The van der Waals surface area contributed by atoms with Crippen LogP contribution in [0.4, 0.5) is 0 Å². The second-order valence-corrected chi connectivity index (χ2v) is 14.0. The van der Waals surface area contributed by atoms with Crippen molar-refractivity contribution in [2.45, 2.75) is 118 Å². The summed E-state index contributed by atoms with van der Waals surface area (Å²) in [5, 5.41) is 3.38. The molecule has 4 saturated carbocycles. The molecule has 4 fully saturated rings. The zero-order valence-corrected chi connectivity index (χ0v) is 23.4. The summed E-state index contributed by atoms with van der Waals surface area (Å²) in [5.41, 5.74) is 6.78. The van der Waals surface area contributed by atoms with Crippen LogP contribution in [-0.4, -0.2) is 32.3 Å². The van der Waals surface area contributed by atoms with Crippen molar-refractivity contribution in [1.29, 1.82) is 0 Å². The summed E-state index contributed by atoms with van der Waals surface area (Å²) in [6, 6.07) is 0. The van der Waals surface area contributed by atoms with E-state index in [1.165, 1.54) is 77.0 Å². The first-order valence-electron chi connectivity index (χ1n) is 15.3. The van der Waals surface area contributed by atoms with Crippen LogP contribution in [0.3, 0.4) is 0 Å². The lowest BCUT2D eigenvalue weighted by Gasteiger charge is -2.61. The van der Waals surface area contributed by atoms with Gasteiger partial charge in [0.05, 0.1) is 12.7 Å². The van der Waals surface area contributed by atoms with Gasteiger partial charge in [-0.15, -0.1) is 0 Å². The molecule has 34 heavy (non-hydrogen) atoms. The Morgan fingerprint density at radius 2 is 1.65 bits per heavy atom. The van der Waals surface area contributed by atoms with E-state index in [0.29, 0.717) is 23.5 Å². The monoisotopic (exact) mass is 474 g/mol. The minimum Gasteiger partial charge on any atom is -0.377 e. The van der Waals surface area contributed by atoms with Gasteiger partial charge in [0.2, 0.25) is 0 Å². The van der Waals surface area contributed by atoms with Crippen molar-refractivity contribution in [3.63, 3.8) is 0 Å². The fraction of sp³-hybridized carbons (Fsp3) is 1.00. The molecule has 0 aromatic carbocycles. The molecule has 3 N–H and O–H groups in total. The predicted octanol–water partition coefficient (Wildman–Crippen LogP) is 7.04. The van der Waals surface area contributed by atoms with Crippen LogP contribution in [0.1, 0.15) is 112 Å². The van der Waals surface area contributed by atoms with E-state index >= 15 is 0 Å². The zero-order chi connectivity index (χ0) is 24.3. The fourth-order valence-electron chi connectivity index (χ4n) is 9.92. The van der Waals surface area contributed by atoms with Crippen LogP contribution in [0.5, 0.6) is 0 Å². The van der Waals surface area contributed by atoms with Gasteiger partial charge in [0.15, 0.2) is 0 Å². The maximum absolute atomic E-state index is 6.33. The van der Waals surface area contributed by atoms with E-state index < -0.39 is 0 Å². The lowest BCUT2D eigenvalue weighted by Crippen LogP contribution is -2.54. The Kier molecular flexibility index (Phi) is 9.12. The van der Waals surface area contributed by atoms with Gasteiger partial charge < -0.3 is 15.8 Å². The summed E-state index contributed by atoms with van der Waals surface area (Å²) < 4.78 is 6.33. The van der Waals surface area contributed by atoms with Gasteiger partial charge >= 0.3 is 0 Å². The van der Waals surface area contributed by atoms with E-state index in [1.54, 1.807) is 0 Å². The summed E-state index contributed by atoms with van der Waals surface area (Å²) in [7, 11) is 0. The van der Waals surface area contributed by atoms with Crippen molar-refractivity contribution in [2.24, 2.45) is 58.0 Å². The van der Waals surface area contributed by atoms with Gasteiger partial charge in [-0.05, 0) is 110 Å². The molecule has 0 radical (unpaired) electrons. The van der Waals surface area contributed by atoms with Crippen molar-refractivity contribution in [3.8, 4) is 0 Å². The Bertz CT molecular complexity index is 637. The second-order valence-electron chi connectivity index (χ2n) is 14.0. The Morgan fingerprint density at radius 1 is 0.882 bits per heavy atom. The normalized spacial score (nSPS) is 42.8. The molecule has 198 valence electrons. The third-order valence-corrected chi connectivity index (χ3v) is 11.8. The second kappa shape index (κ2) is 11.5. The molecule has 0 aromatic heterocycles. The highest BCUT2D eigenvalue weighted by Gasteiger charge is 2.60. The summed E-state index contributed by atoms with van der Waals surface area (Å²) in [4.78, 5) is 0. The smallest absolute Gasteiger partial charge is 0.0594 e. The van der Waals surface area contributed by atoms with Crippen LogP contribution in [-0.2, 0) is 4.74 Å². The minimum absolute atomic E-state index is 0.491. The molecule has 4 rings (SSSR count). The molecule has 0 aromatic rings. The molecule has 0 saturated heterocycles. The SMILES string of the molecule is CC(C)CCC[C@@H](C)C1CC[C@H]2[C@@H]3CC[C@H]4C[C@@H](OCCNCCN)CC[C@]4(C)[C@H]3CC[C@]12C. The van der Waals surface area contributed by atoms with Gasteiger partial charge in [-0.2, -0.15) is 0 Å². The summed E-state index contributed by atoms with van der Waals surface area (Å²) in [6.07, 6.45) is 17.8. The minimum atomic E-state index is 0.491. The van der Waals surface area contributed by atoms with Crippen LogP contribution in [0, 0.1) is 52.3 Å². The molecule has 3 heteroatoms. The molecule has 0 aliphatic heterocycles. The Balaban J connectivity index is 1.34. The Labute approximate surface area is 212 Å². The van der Waals surface area contributed by atoms with Gasteiger partial charge in [-0.25, -0.2) is 0 Å². The molecular formula is C31H58N2O. The van der Waals surface area contributed by atoms with Crippen LogP contribution < -0.4 is 11.1 Å². The first-order chi connectivity index (χ1) is 16.3. The number of ether oxygens (including phenoxy) is 1. The van der Waals surface area contributed by atoms with E-state index in [4.69, 9.17) is 10.5 Å². The molecule has 3 nitrogen and oxygen atoms in total. The van der Waals surface area contributed by atoms with E-state index in [1.807, 2.05) is 0 Å². The maximum Gasteiger partial charge on any atom is 0.0594 e. The van der Waals surface area contributed by atoms with Crippen LogP contribution in [0.25, 0.3) is 0 Å². The van der Waals surface area contributed by atoms with Crippen LogP contribution >= 0.6 is 0 Å². The Hall–Kier alpha value is -0.120. The number of fused-ring (bicyclic) bond motifs is 5. The highest BCUT2D eigenvalue weighted by Crippen LogP contribution is 2.68. The predicted molar refractivity (Wildman–Crippen MR) is 145 cm³/mol. The summed E-state index contributed by atoms with van der Waals surface area (Å²) >= 11 is 0. The first kappa shape index (κ1) is 26.9. The largest absolute Gasteiger partial charge is 0.377 e. The lowest BCUT2D eigenvalue weighted by molar-refractivity contribution is -0.136.